The molecule has 150 valence electrons. The minimum Gasteiger partial charge on any atom is -0.507 e. The normalized spacial score (nSPS) is 18.1. The number of methoxy groups -OCH3 is 1. The highest BCUT2D eigenvalue weighted by molar-refractivity contribution is 6.46. The minimum absolute atomic E-state index is 0.0123. The smallest absolute Gasteiger partial charge is 0.303 e. The molecule has 29 heavy (non-hydrogen) atoms. The quantitative estimate of drug-likeness (QED) is 0.424. The molecule has 1 saturated heterocycles. The van der Waals surface area contributed by atoms with Crippen LogP contribution in [0.2, 0.25) is 0 Å². The monoisotopic (exact) mass is 395 g/mol. The zero-order chi connectivity index (χ0) is 21.0. The van der Waals surface area contributed by atoms with Crippen molar-refractivity contribution in [1.82, 2.24) is 4.90 Å². The van der Waals surface area contributed by atoms with E-state index in [4.69, 9.17) is 9.84 Å². The topological polar surface area (TPSA) is 104 Å². The van der Waals surface area contributed by atoms with Gasteiger partial charge in [-0.2, -0.15) is 0 Å². The number of ether oxygens (including phenoxy) is 1. The van der Waals surface area contributed by atoms with Crippen LogP contribution < -0.4 is 4.74 Å². The maximum absolute atomic E-state index is 12.8. The van der Waals surface area contributed by atoms with Crippen LogP contribution >= 0.6 is 0 Å². The summed E-state index contributed by atoms with van der Waals surface area (Å²) in [6.07, 6.45) is 0.0669. The number of carboxylic acid groups (broad SMARTS) is 1. The molecule has 0 spiro atoms. The standard InChI is InChI=1S/C22H21NO6/c1-29-16-11-9-14(10-12-16)19-18(20(26)15-6-3-2-4-7-15)21(27)22(28)23(19)13-5-8-17(24)25/h2-4,6-7,9-12,19,26H,5,8,13H2,1H3,(H,24,25)/b20-18-/t19-/m0/s1. The number of carboxylic acids is 1. The van der Waals surface area contributed by atoms with Crippen LogP contribution in [-0.2, 0) is 14.4 Å². The Kier molecular flexibility index (Phi) is 5.97. The first-order chi connectivity index (χ1) is 13.9. The summed E-state index contributed by atoms with van der Waals surface area (Å²) in [5.74, 6) is -2.17. The first-order valence-corrected chi connectivity index (χ1v) is 9.13. The Balaban J connectivity index is 2.07. The molecule has 7 nitrogen and oxygen atoms in total. The van der Waals surface area contributed by atoms with Gasteiger partial charge in [0.05, 0.1) is 18.7 Å². The number of ketones is 1. The Bertz CT molecular complexity index is 949. The van der Waals surface area contributed by atoms with Crippen molar-refractivity contribution in [2.24, 2.45) is 0 Å². The number of hydrogen-bond donors (Lipinski definition) is 2. The van der Waals surface area contributed by atoms with Crippen LogP contribution in [0.15, 0.2) is 60.2 Å². The van der Waals surface area contributed by atoms with Gasteiger partial charge in [-0.25, -0.2) is 0 Å². The Morgan fingerprint density at radius 3 is 2.28 bits per heavy atom. The van der Waals surface area contributed by atoms with Gasteiger partial charge in [0.25, 0.3) is 11.7 Å². The van der Waals surface area contributed by atoms with Crippen molar-refractivity contribution in [1.29, 1.82) is 0 Å². The van der Waals surface area contributed by atoms with Gasteiger partial charge >= 0.3 is 5.97 Å². The molecular formula is C22H21NO6. The number of amides is 1. The summed E-state index contributed by atoms with van der Waals surface area (Å²) < 4.78 is 5.16. The molecule has 3 rings (SSSR count). The largest absolute Gasteiger partial charge is 0.507 e. The van der Waals surface area contributed by atoms with Gasteiger partial charge in [-0.1, -0.05) is 42.5 Å². The van der Waals surface area contributed by atoms with Crippen molar-refractivity contribution in [3.05, 3.63) is 71.3 Å². The molecule has 1 heterocycles. The van der Waals surface area contributed by atoms with E-state index in [1.54, 1.807) is 54.6 Å². The number of nitrogens with zero attached hydrogens (tertiary/aromatic N) is 1. The molecule has 7 heteroatoms. The van der Waals surface area contributed by atoms with E-state index < -0.39 is 23.7 Å². The van der Waals surface area contributed by atoms with E-state index in [0.717, 1.165) is 0 Å². The van der Waals surface area contributed by atoms with E-state index in [-0.39, 0.29) is 30.7 Å². The van der Waals surface area contributed by atoms with Gasteiger partial charge in [0.1, 0.15) is 11.5 Å². The highest BCUT2D eigenvalue weighted by Crippen LogP contribution is 2.39. The van der Waals surface area contributed by atoms with Crippen LogP contribution in [-0.4, -0.2) is 46.4 Å². The predicted octanol–water partition coefficient (Wildman–Crippen LogP) is 2.98. The summed E-state index contributed by atoms with van der Waals surface area (Å²) in [4.78, 5) is 37.7. The summed E-state index contributed by atoms with van der Waals surface area (Å²) >= 11 is 0. The van der Waals surface area contributed by atoms with Crippen molar-refractivity contribution in [3.63, 3.8) is 0 Å². The van der Waals surface area contributed by atoms with E-state index in [1.807, 2.05) is 0 Å². The molecule has 1 aliphatic heterocycles. The number of hydrogen-bond acceptors (Lipinski definition) is 5. The highest BCUT2D eigenvalue weighted by Gasteiger charge is 2.45. The van der Waals surface area contributed by atoms with Gasteiger partial charge in [0, 0.05) is 18.5 Å². The Labute approximate surface area is 167 Å². The van der Waals surface area contributed by atoms with Crippen LogP contribution in [0.4, 0.5) is 0 Å². The summed E-state index contributed by atoms with van der Waals surface area (Å²) in [7, 11) is 1.53. The molecule has 0 aliphatic carbocycles. The highest BCUT2D eigenvalue weighted by atomic mass is 16.5. The maximum atomic E-state index is 12.8. The molecule has 1 amide bonds. The van der Waals surface area contributed by atoms with Crippen molar-refractivity contribution in [2.45, 2.75) is 18.9 Å². The second-order valence-corrected chi connectivity index (χ2v) is 6.63. The second-order valence-electron chi connectivity index (χ2n) is 6.63. The number of benzene rings is 2. The molecule has 0 aromatic heterocycles. The fourth-order valence-corrected chi connectivity index (χ4v) is 3.40. The zero-order valence-corrected chi connectivity index (χ0v) is 15.9. The number of aliphatic hydroxyl groups is 1. The second kappa shape index (κ2) is 8.60. The summed E-state index contributed by atoms with van der Waals surface area (Å²) in [6, 6.07) is 14.6. The molecule has 1 fully saturated rings. The molecule has 0 unspecified atom stereocenters. The summed E-state index contributed by atoms with van der Waals surface area (Å²) in [6.45, 7) is 0.0825. The number of carbonyl (C=O) groups excluding carboxylic acids is 2. The number of aliphatic carboxylic acids is 1. The lowest BCUT2D eigenvalue weighted by Gasteiger charge is -2.25. The number of aliphatic hydroxyl groups excluding tert-OH is 1. The SMILES string of the molecule is COc1ccc([C@H]2/C(=C(/O)c3ccccc3)C(=O)C(=O)N2CCCC(=O)O)cc1. The third kappa shape index (κ3) is 4.13. The predicted molar refractivity (Wildman–Crippen MR) is 105 cm³/mol. The first kappa shape index (κ1) is 20.1. The van der Waals surface area contributed by atoms with Gasteiger partial charge in [0.15, 0.2) is 0 Å². The van der Waals surface area contributed by atoms with Crippen molar-refractivity contribution >= 4 is 23.4 Å². The number of likely N-dealkylation sites (tertiary alicyclic amines) is 1. The number of Topliss-reactive ketones (excluding diaryl/α,β-unsaturated/α-hetero) is 1. The molecule has 2 aromatic carbocycles. The number of carbonyl (C=O) groups is 3. The molecule has 0 bridgehead atoms. The average Bonchev–Trinajstić information content (AvgIpc) is 2.98. The molecule has 1 atom stereocenters. The maximum Gasteiger partial charge on any atom is 0.303 e. The van der Waals surface area contributed by atoms with E-state index in [9.17, 15) is 19.5 Å². The van der Waals surface area contributed by atoms with E-state index in [0.29, 0.717) is 16.9 Å². The van der Waals surface area contributed by atoms with Crippen LogP contribution in [0, 0.1) is 0 Å². The van der Waals surface area contributed by atoms with Crippen LogP contribution in [0.5, 0.6) is 5.75 Å². The molecule has 1 aliphatic rings. The molecular weight excluding hydrogens is 374 g/mol. The molecule has 2 N–H and O–H groups in total. The molecule has 2 aromatic rings. The van der Waals surface area contributed by atoms with Crippen LogP contribution in [0.1, 0.15) is 30.0 Å². The Morgan fingerprint density at radius 2 is 1.69 bits per heavy atom. The summed E-state index contributed by atoms with van der Waals surface area (Å²) in [5.41, 5.74) is 1.04. The van der Waals surface area contributed by atoms with E-state index in [1.165, 1.54) is 12.0 Å². The third-order valence-corrected chi connectivity index (χ3v) is 4.81. The zero-order valence-electron chi connectivity index (χ0n) is 15.9. The van der Waals surface area contributed by atoms with Crippen molar-refractivity contribution < 1.29 is 29.3 Å². The lowest BCUT2D eigenvalue weighted by molar-refractivity contribution is -0.140. The fraction of sp³-hybridized carbons (Fsp3) is 0.227. The Morgan fingerprint density at radius 1 is 1.03 bits per heavy atom. The van der Waals surface area contributed by atoms with Crippen molar-refractivity contribution in [3.8, 4) is 5.75 Å². The van der Waals surface area contributed by atoms with Gasteiger partial charge < -0.3 is 19.8 Å². The average molecular weight is 395 g/mol. The Hall–Kier alpha value is -3.61. The minimum atomic E-state index is -0.980. The van der Waals surface area contributed by atoms with Gasteiger partial charge in [-0.05, 0) is 24.1 Å². The lowest BCUT2D eigenvalue weighted by Crippen LogP contribution is -2.31. The van der Waals surface area contributed by atoms with Gasteiger partial charge in [0.2, 0.25) is 0 Å². The van der Waals surface area contributed by atoms with E-state index in [2.05, 4.69) is 0 Å². The van der Waals surface area contributed by atoms with E-state index >= 15 is 0 Å². The first-order valence-electron chi connectivity index (χ1n) is 9.13. The van der Waals surface area contributed by atoms with Gasteiger partial charge in [-0.3, -0.25) is 14.4 Å². The van der Waals surface area contributed by atoms with Crippen LogP contribution in [0.3, 0.4) is 0 Å². The fourth-order valence-electron chi connectivity index (χ4n) is 3.40. The third-order valence-electron chi connectivity index (χ3n) is 4.81. The number of rotatable bonds is 7. The summed E-state index contributed by atoms with van der Waals surface area (Å²) in [5, 5.41) is 19.7. The van der Waals surface area contributed by atoms with Crippen molar-refractivity contribution in [2.75, 3.05) is 13.7 Å². The van der Waals surface area contributed by atoms with Crippen LogP contribution in [0.25, 0.3) is 5.76 Å². The molecule has 0 radical (unpaired) electrons. The van der Waals surface area contributed by atoms with Gasteiger partial charge in [-0.15, -0.1) is 0 Å². The molecule has 0 saturated carbocycles. The lowest BCUT2D eigenvalue weighted by atomic mass is 9.95.